The van der Waals surface area contributed by atoms with E-state index in [0.717, 1.165) is 22.3 Å². The molecule has 0 radical (unpaired) electrons. The highest BCUT2D eigenvalue weighted by molar-refractivity contribution is 6.06. The number of rotatable bonds is 4. The van der Waals surface area contributed by atoms with Crippen LogP contribution in [-0.4, -0.2) is 34.2 Å². The highest BCUT2D eigenvalue weighted by Crippen LogP contribution is 2.47. The van der Waals surface area contributed by atoms with Gasteiger partial charge in [-0.25, -0.2) is 9.37 Å². The summed E-state index contributed by atoms with van der Waals surface area (Å²) in [6.45, 7) is 3.68. The van der Waals surface area contributed by atoms with E-state index in [1.165, 1.54) is 12.1 Å². The zero-order valence-corrected chi connectivity index (χ0v) is 21.4. The molecular weight excluding hydrogens is 483 g/mol. The van der Waals surface area contributed by atoms with Crippen molar-refractivity contribution in [1.29, 1.82) is 0 Å². The Morgan fingerprint density at radius 2 is 1.87 bits per heavy atom. The molecule has 7 nitrogen and oxygen atoms in total. The van der Waals surface area contributed by atoms with E-state index in [0.29, 0.717) is 37.2 Å². The van der Waals surface area contributed by atoms with Crippen molar-refractivity contribution in [1.82, 2.24) is 9.88 Å². The molecule has 2 aliphatic heterocycles. The van der Waals surface area contributed by atoms with Crippen LogP contribution in [0.15, 0.2) is 60.8 Å². The minimum absolute atomic E-state index is 0.0500. The van der Waals surface area contributed by atoms with Crippen LogP contribution in [0, 0.1) is 11.2 Å². The van der Waals surface area contributed by atoms with Crippen molar-refractivity contribution in [3.8, 4) is 0 Å². The summed E-state index contributed by atoms with van der Waals surface area (Å²) in [7, 11) is 0. The van der Waals surface area contributed by atoms with Crippen molar-refractivity contribution in [3.05, 3.63) is 88.9 Å². The van der Waals surface area contributed by atoms with Gasteiger partial charge in [-0.05, 0) is 72.7 Å². The average molecular weight is 513 g/mol. The minimum atomic E-state index is -0.678. The average Bonchev–Trinajstić information content (AvgIpc) is 3.40. The number of fused-ring (bicyclic) bond motifs is 3. The first-order chi connectivity index (χ1) is 18.2. The summed E-state index contributed by atoms with van der Waals surface area (Å²) in [5.74, 6) is -0.170. The Bertz CT molecular complexity index is 1470. The summed E-state index contributed by atoms with van der Waals surface area (Å²) in [6, 6.07) is 15.3. The van der Waals surface area contributed by atoms with Gasteiger partial charge >= 0.3 is 0 Å². The number of nitrogens with zero attached hydrogens (tertiary/aromatic N) is 2. The number of piperidine rings is 1. The van der Waals surface area contributed by atoms with Crippen LogP contribution in [0.2, 0.25) is 0 Å². The lowest BCUT2D eigenvalue weighted by Crippen LogP contribution is -2.50. The van der Waals surface area contributed by atoms with Gasteiger partial charge < -0.3 is 15.5 Å². The van der Waals surface area contributed by atoms with Crippen LogP contribution in [0.4, 0.5) is 15.9 Å². The zero-order chi connectivity index (χ0) is 26.7. The van der Waals surface area contributed by atoms with E-state index in [1.807, 2.05) is 44.2 Å². The Hall–Kier alpha value is -4.07. The number of carbonyl (C=O) groups is 3. The molecule has 3 heterocycles. The van der Waals surface area contributed by atoms with Gasteiger partial charge in [-0.1, -0.05) is 38.1 Å². The van der Waals surface area contributed by atoms with Crippen molar-refractivity contribution in [2.45, 2.75) is 51.0 Å². The standard InChI is InChI=1S/C30H29FN4O3/c1-29(2)12-11-24(18-5-8-21(31)9-6-18)35(28(29)38)17-25(36)33-22-10-7-19-15-30(16-20(19)14-22)23-4-3-13-32-26(23)34-27(30)37/h3-10,13-14,24H,11-12,15-17H2,1-2H3,(H,33,36)(H,32,34,37)/t24-,30+/m0/s1. The van der Waals surface area contributed by atoms with E-state index >= 15 is 0 Å². The van der Waals surface area contributed by atoms with Gasteiger partial charge in [-0.15, -0.1) is 0 Å². The summed E-state index contributed by atoms with van der Waals surface area (Å²) in [5.41, 5.74) is 3.17. The third kappa shape index (κ3) is 3.95. The molecule has 2 atom stereocenters. The Morgan fingerprint density at radius 3 is 2.66 bits per heavy atom. The van der Waals surface area contributed by atoms with Gasteiger partial charge in [0.05, 0.1) is 11.5 Å². The number of benzene rings is 2. The molecule has 194 valence electrons. The van der Waals surface area contributed by atoms with Crippen molar-refractivity contribution in [2.75, 3.05) is 17.2 Å². The fourth-order valence-corrected chi connectivity index (χ4v) is 6.20. The summed E-state index contributed by atoms with van der Waals surface area (Å²) in [5, 5.41) is 5.86. The smallest absolute Gasteiger partial charge is 0.244 e. The molecule has 6 rings (SSSR count). The van der Waals surface area contributed by atoms with E-state index in [1.54, 1.807) is 23.2 Å². The number of amides is 3. The predicted octanol–water partition coefficient (Wildman–Crippen LogP) is 4.54. The molecule has 3 amide bonds. The molecule has 3 aromatic rings. The van der Waals surface area contributed by atoms with Crippen molar-refractivity contribution >= 4 is 29.2 Å². The molecule has 2 N–H and O–H groups in total. The van der Waals surface area contributed by atoms with E-state index < -0.39 is 10.8 Å². The SMILES string of the molecule is CC1(C)CC[C@@H](c2ccc(F)cc2)N(CC(=O)Nc2ccc3c(c2)C[C@@]2(C3)C(=O)Nc3ncccc32)C1=O. The van der Waals surface area contributed by atoms with Gasteiger partial charge in [-0.2, -0.15) is 0 Å². The van der Waals surface area contributed by atoms with Gasteiger partial charge in [0.1, 0.15) is 18.2 Å². The van der Waals surface area contributed by atoms with Crippen LogP contribution in [-0.2, 0) is 32.6 Å². The summed E-state index contributed by atoms with van der Waals surface area (Å²) in [6.07, 6.45) is 4.16. The molecule has 1 saturated heterocycles. The monoisotopic (exact) mass is 512 g/mol. The first kappa shape index (κ1) is 24.3. The van der Waals surface area contributed by atoms with Crippen LogP contribution in [0.3, 0.4) is 0 Å². The van der Waals surface area contributed by atoms with Gasteiger partial charge in [0.2, 0.25) is 17.7 Å². The van der Waals surface area contributed by atoms with Gasteiger partial charge in [0.25, 0.3) is 0 Å². The molecule has 3 aliphatic rings. The van der Waals surface area contributed by atoms with E-state index in [2.05, 4.69) is 15.6 Å². The third-order valence-corrected chi connectivity index (χ3v) is 8.29. The number of likely N-dealkylation sites (tertiary alicyclic amines) is 1. The first-order valence-corrected chi connectivity index (χ1v) is 12.9. The second-order valence-corrected chi connectivity index (χ2v) is 11.2. The number of halogens is 1. The number of nitrogens with one attached hydrogen (secondary N) is 2. The van der Waals surface area contributed by atoms with Crippen LogP contribution in [0.1, 0.15) is 55.0 Å². The maximum atomic E-state index is 13.5. The third-order valence-electron chi connectivity index (χ3n) is 8.29. The molecule has 38 heavy (non-hydrogen) atoms. The number of carbonyl (C=O) groups excluding carboxylic acids is 3. The molecule has 0 bridgehead atoms. The van der Waals surface area contributed by atoms with Crippen LogP contribution in [0.5, 0.6) is 0 Å². The molecule has 1 fully saturated rings. The van der Waals surface area contributed by atoms with Crippen LogP contribution >= 0.6 is 0 Å². The molecule has 8 heteroatoms. The largest absolute Gasteiger partial charge is 0.326 e. The Kier molecular flexibility index (Phi) is 5.59. The van der Waals surface area contributed by atoms with E-state index in [4.69, 9.17) is 0 Å². The van der Waals surface area contributed by atoms with E-state index in [9.17, 15) is 18.8 Å². The molecular formula is C30H29FN4O3. The second-order valence-electron chi connectivity index (χ2n) is 11.2. The van der Waals surface area contributed by atoms with Crippen molar-refractivity contribution in [2.24, 2.45) is 5.41 Å². The van der Waals surface area contributed by atoms with Gasteiger partial charge in [-0.3, -0.25) is 14.4 Å². The maximum absolute atomic E-state index is 13.5. The molecule has 1 aromatic heterocycles. The normalized spacial score (nSPS) is 23.2. The molecule has 0 saturated carbocycles. The molecule has 1 spiro atoms. The lowest BCUT2D eigenvalue weighted by molar-refractivity contribution is -0.150. The zero-order valence-electron chi connectivity index (χ0n) is 21.4. The van der Waals surface area contributed by atoms with Crippen molar-refractivity contribution in [3.63, 3.8) is 0 Å². The van der Waals surface area contributed by atoms with Gasteiger partial charge in [0.15, 0.2) is 0 Å². The van der Waals surface area contributed by atoms with Gasteiger partial charge in [0, 0.05) is 22.9 Å². The summed E-state index contributed by atoms with van der Waals surface area (Å²) in [4.78, 5) is 45.4. The lowest BCUT2D eigenvalue weighted by Gasteiger charge is -2.43. The fourth-order valence-electron chi connectivity index (χ4n) is 6.20. The van der Waals surface area contributed by atoms with E-state index in [-0.39, 0.29) is 36.1 Å². The fraction of sp³-hybridized carbons (Fsp3) is 0.333. The Balaban J connectivity index is 1.20. The Morgan fingerprint density at radius 1 is 1.11 bits per heavy atom. The molecule has 1 aliphatic carbocycles. The number of hydrogen-bond donors (Lipinski definition) is 2. The topological polar surface area (TPSA) is 91.4 Å². The number of aromatic nitrogens is 1. The van der Waals surface area contributed by atoms with Crippen molar-refractivity contribution < 1.29 is 18.8 Å². The summed E-state index contributed by atoms with van der Waals surface area (Å²) < 4.78 is 13.5. The number of hydrogen-bond acceptors (Lipinski definition) is 4. The lowest BCUT2D eigenvalue weighted by atomic mass is 9.78. The molecule has 2 aromatic carbocycles. The highest BCUT2D eigenvalue weighted by atomic mass is 19.1. The number of pyridine rings is 1. The predicted molar refractivity (Wildman–Crippen MR) is 141 cm³/mol. The maximum Gasteiger partial charge on any atom is 0.244 e. The first-order valence-electron chi connectivity index (χ1n) is 12.9. The van der Waals surface area contributed by atoms with Crippen LogP contribution in [0.25, 0.3) is 0 Å². The molecule has 0 unspecified atom stereocenters. The van der Waals surface area contributed by atoms with Crippen LogP contribution < -0.4 is 10.6 Å². The minimum Gasteiger partial charge on any atom is -0.326 e. The highest BCUT2D eigenvalue weighted by Gasteiger charge is 2.51. The quantitative estimate of drug-likeness (QED) is 0.537. The number of anilines is 2. The second kappa shape index (κ2) is 8.75. The summed E-state index contributed by atoms with van der Waals surface area (Å²) >= 11 is 0. The Labute approximate surface area is 220 Å².